The molecule has 0 aromatic heterocycles. The van der Waals surface area contributed by atoms with Crippen molar-refractivity contribution in [3.63, 3.8) is 0 Å². The van der Waals surface area contributed by atoms with Gasteiger partial charge in [0.1, 0.15) is 0 Å². The zero-order valence-corrected chi connectivity index (χ0v) is 13.7. The minimum Gasteiger partial charge on any atom is -0.504 e. The molecule has 0 saturated heterocycles. The fraction of sp³-hybridized carbons (Fsp3) is 0.111. The number of nitrogens with one attached hydrogen (secondary N) is 1. The normalized spacial score (nSPS) is 11.9. The predicted octanol–water partition coefficient (Wildman–Crippen LogP) is 2.09. The first kappa shape index (κ1) is 18.7. The Morgan fingerprint density at radius 3 is 2.19 bits per heavy atom. The van der Waals surface area contributed by atoms with Crippen molar-refractivity contribution in [2.75, 3.05) is 5.32 Å². The zero-order chi connectivity index (χ0) is 19.3. The summed E-state index contributed by atoms with van der Waals surface area (Å²) in [5.41, 5.74) is 0.678. The number of esters is 1. The van der Waals surface area contributed by atoms with Crippen LogP contribution in [0.4, 0.5) is 5.69 Å². The lowest BCUT2D eigenvalue weighted by atomic mass is 10.2. The van der Waals surface area contributed by atoms with Gasteiger partial charge in [-0.2, -0.15) is 0 Å². The first-order valence-corrected chi connectivity index (χ1v) is 7.50. The predicted molar refractivity (Wildman–Crippen MR) is 92.8 cm³/mol. The van der Waals surface area contributed by atoms with E-state index in [0.717, 1.165) is 12.1 Å². The minimum absolute atomic E-state index is 0.225. The Hall–Kier alpha value is -3.68. The highest BCUT2D eigenvalue weighted by Gasteiger charge is 2.17. The second-order valence-electron chi connectivity index (χ2n) is 5.35. The summed E-state index contributed by atoms with van der Waals surface area (Å²) in [6, 6.07) is 7.73. The fourth-order valence-electron chi connectivity index (χ4n) is 1.92. The number of carbonyl (C=O) groups excluding carboxylic acids is 2. The molecule has 0 fully saturated rings. The van der Waals surface area contributed by atoms with Crippen molar-refractivity contribution < 1.29 is 34.8 Å². The minimum atomic E-state index is -1.11. The molecule has 2 aromatic rings. The molecular formula is C18H17NO7. The molecule has 136 valence electrons. The summed E-state index contributed by atoms with van der Waals surface area (Å²) in [5.74, 6) is -2.74. The number of rotatable bonds is 5. The summed E-state index contributed by atoms with van der Waals surface area (Å²) < 4.78 is 4.95. The van der Waals surface area contributed by atoms with E-state index in [0.29, 0.717) is 5.56 Å². The van der Waals surface area contributed by atoms with E-state index in [1.54, 1.807) is 0 Å². The van der Waals surface area contributed by atoms with Crippen molar-refractivity contribution in [3.05, 3.63) is 48.0 Å². The molecular weight excluding hydrogens is 342 g/mol. The highest BCUT2D eigenvalue weighted by molar-refractivity contribution is 5.96. The van der Waals surface area contributed by atoms with Gasteiger partial charge in [0.05, 0.1) is 0 Å². The number of phenols is 4. The average Bonchev–Trinajstić information content (AvgIpc) is 2.59. The van der Waals surface area contributed by atoms with Crippen molar-refractivity contribution in [3.8, 4) is 23.0 Å². The van der Waals surface area contributed by atoms with Crippen LogP contribution in [0.2, 0.25) is 0 Å². The topological polar surface area (TPSA) is 136 Å². The number of amides is 1. The fourth-order valence-corrected chi connectivity index (χ4v) is 1.92. The standard InChI is InChI=1S/C18H17NO7/c1-10(18(25)19-12-4-6-14(21)16(23)9-12)26-17(24)7-3-11-2-5-13(20)15(22)8-11/h2-10,20-23H,1H3,(H,19,25)/b7-3+/t10-/m1/s1. The summed E-state index contributed by atoms with van der Waals surface area (Å²) in [5, 5.41) is 39.6. The van der Waals surface area contributed by atoms with Gasteiger partial charge in [0.25, 0.3) is 5.91 Å². The van der Waals surface area contributed by atoms with Crippen LogP contribution in [0.5, 0.6) is 23.0 Å². The van der Waals surface area contributed by atoms with Gasteiger partial charge in [-0.3, -0.25) is 4.79 Å². The summed E-state index contributed by atoms with van der Waals surface area (Å²) in [7, 11) is 0. The molecule has 0 unspecified atom stereocenters. The monoisotopic (exact) mass is 359 g/mol. The lowest BCUT2D eigenvalue weighted by Crippen LogP contribution is -2.29. The van der Waals surface area contributed by atoms with E-state index in [1.165, 1.54) is 43.3 Å². The van der Waals surface area contributed by atoms with Crippen LogP contribution < -0.4 is 5.32 Å². The van der Waals surface area contributed by atoms with Crippen LogP contribution in [-0.4, -0.2) is 38.4 Å². The Balaban J connectivity index is 1.92. The zero-order valence-electron chi connectivity index (χ0n) is 13.7. The molecule has 0 heterocycles. The SMILES string of the molecule is C[C@@H](OC(=O)/C=C/c1ccc(O)c(O)c1)C(=O)Nc1ccc(O)c(O)c1. The smallest absolute Gasteiger partial charge is 0.331 e. The molecule has 26 heavy (non-hydrogen) atoms. The number of carbonyl (C=O) groups is 2. The first-order chi connectivity index (χ1) is 12.3. The number of benzene rings is 2. The van der Waals surface area contributed by atoms with Gasteiger partial charge in [-0.1, -0.05) is 6.07 Å². The van der Waals surface area contributed by atoms with Gasteiger partial charge in [0.2, 0.25) is 0 Å². The van der Waals surface area contributed by atoms with Crippen molar-refractivity contribution in [1.29, 1.82) is 0 Å². The van der Waals surface area contributed by atoms with E-state index in [2.05, 4.69) is 5.32 Å². The third-order valence-corrected chi connectivity index (χ3v) is 3.32. The molecule has 2 rings (SSSR count). The van der Waals surface area contributed by atoms with Crippen LogP contribution >= 0.6 is 0 Å². The number of ether oxygens (including phenoxy) is 1. The summed E-state index contributed by atoms with van der Waals surface area (Å²) in [6.45, 7) is 1.37. The second kappa shape index (κ2) is 7.93. The number of aromatic hydroxyl groups is 4. The van der Waals surface area contributed by atoms with Crippen LogP contribution in [0, 0.1) is 0 Å². The van der Waals surface area contributed by atoms with E-state index < -0.39 is 23.7 Å². The van der Waals surface area contributed by atoms with Crippen LogP contribution in [0.3, 0.4) is 0 Å². The summed E-state index contributed by atoms with van der Waals surface area (Å²) in [6.07, 6.45) is 1.31. The van der Waals surface area contributed by atoms with E-state index in [4.69, 9.17) is 4.74 Å². The van der Waals surface area contributed by atoms with Gasteiger partial charge < -0.3 is 30.5 Å². The highest BCUT2D eigenvalue weighted by atomic mass is 16.5. The Labute approximate surface area is 148 Å². The number of phenolic OH excluding ortho intramolecular Hbond substituents is 4. The molecule has 8 heteroatoms. The quantitative estimate of drug-likeness (QED) is 0.239. The Kier molecular flexibility index (Phi) is 5.69. The number of hydrogen-bond acceptors (Lipinski definition) is 7. The van der Waals surface area contributed by atoms with Gasteiger partial charge >= 0.3 is 5.97 Å². The van der Waals surface area contributed by atoms with E-state index >= 15 is 0 Å². The van der Waals surface area contributed by atoms with E-state index in [-0.39, 0.29) is 22.9 Å². The van der Waals surface area contributed by atoms with E-state index in [1.807, 2.05) is 0 Å². The Bertz CT molecular complexity index is 861. The average molecular weight is 359 g/mol. The van der Waals surface area contributed by atoms with Crippen LogP contribution in [0.1, 0.15) is 12.5 Å². The molecule has 8 nitrogen and oxygen atoms in total. The van der Waals surface area contributed by atoms with Gasteiger partial charge in [-0.25, -0.2) is 4.79 Å². The van der Waals surface area contributed by atoms with Crippen molar-refractivity contribution in [2.24, 2.45) is 0 Å². The van der Waals surface area contributed by atoms with Crippen molar-refractivity contribution in [2.45, 2.75) is 13.0 Å². The molecule has 1 amide bonds. The van der Waals surface area contributed by atoms with Gasteiger partial charge in [-0.05, 0) is 42.8 Å². The third-order valence-electron chi connectivity index (χ3n) is 3.32. The number of hydrogen-bond donors (Lipinski definition) is 5. The molecule has 0 bridgehead atoms. The maximum absolute atomic E-state index is 12.0. The largest absolute Gasteiger partial charge is 0.504 e. The van der Waals surface area contributed by atoms with Crippen molar-refractivity contribution in [1.82, 2.24) is 0 Å². The van der Waals surface area contributed by atoms with Gasteiger partial charge in [0, 0.05) is 17.8 Å². The Morgan fingerprint density at radius 2 is 1.58 bits per heavy atom. The third kappa shape index (κ3) is 4.91. The number of anilines is 1. The molecule has 2 aromatic carbocycles. The molecule has 5 N–H and O–H groups in total. The summed E-state index contributed by atoms with van der Waals surface area (Å²) in [4.78, 5) is 23.7. The van der Waals surface area contributed by atoms with Crippen LogP contribution in [0.15, 0.2) is 42.5 Å². The van der Waals surface area contributed by atoms with E-state index in [9.17, 15) is 30.0 Å². The molecule has 0 aliphatic rings. The molecule has 0 aliphatic heterocycles. The second-order valence-corrected chi connectivity index (χ2v) is 5.35. The molecule has 0 radical (unpaired) electrons. The Morgan fingerprint density at radius 1 is 0.962 bits per heavy atom. The molecule has 0 aliphatic carbocycles. The van der Waals surface area contributed by atoms with Gasteiger partial charge in [-0.15, -0.1) is 0 Å². The lowest BCUT2D eigenvalue weighted by Gasteiger charge is -2.12. The maximum Gasteiger partial charge on any atom is 0.331 e. The highest BCUT2D eigenvalue weighted by Crippen LogP contribution is 2.27. The van der Waals surface area contributed by atoms with Crippen LogP contribution in [0.25, 0.3) is 6.08 Å². The van der Waals surface area contributed by atoms with Crippen LogP contribution in [-0.2, 0) is 14.3 Å². The van der Waals surface area contributed by atoms with Gasteiger partial charge in [0.15, 0.2) is 29.1 Å². The first-order valence-electron chi connectivity index (χ1n) is 7.50. The lowest BCUT2D eigenvalue weighted by molar-refractivity contribution is -0.148. The molecule has 0 spiro atoms. The molecule has 0 saturated carbocycles. The van der Waals surface area contributed by atoms with Crippen molar-refractivity contribution >= 4 is 23.6 Å². The molecule has 1 atom stereocenters. The maximum atomic E-state index is 12.0. The summed E-state index contributed by atoms with van der Waals surface area (Å²) >= 11 is 0.